The van der Waals surface area contributed by atoms with Crippen LogP contribution in [-0.4, -0.2) is 32.4 Å². The van der Waals surface area contributed by atoms with Crippen LogP contribution in [0.3, 0.4) is 0 Å². The van der Waals surface area contributed by atoms with Gasteiger partial charge in [0.05, 0.1) is 0 Å². The predicted molar refractivity (Wildman–Crippen MR) is 70.5 cm³/mol. The quantitative estimate of drug-likeness (QED) is 0.784. The van der Waals surface area contributed by atoms with Gasteiger partial charge >= 0.3 is 0 Å². The molecular formula is C12H17N3O2S. The van der Waals surface area contributed by atoms with Crippen LogP contribution in [0.25, 0.3) is 0 Å². The fourth-order valence-corrected chi connectivity index (χ4v) is 3.77. The van der Waals surface area contributed by atoms with E-state index in [1.807, 2.05) is 12.1 Å². The summed E-state index contributed by atoms with van der Waals surface area (Å²) < 4.78 is 24.0. The average molecular weight is 267 g/mol. The summed E-state index contributed by atoms with van der Waals surface area (Å²) in [7, 11) is -3.54. The molecule has 1 spiro atoms. The Morgan fingerprint density at radius 2 is 1.89 bits per heavy atom. The minimum atomic E-state index is -3.54. The van der Waals surface area contributed by atoms with E-state index in [4.69, 9.17) is 5.14 Å². The second-order valence-corrected chi connectivity index (χ2v) is 6.67. The molecule has 2 aliphatic heterocycles. The van der Waals surface area contributed by atoms with Gasteiger partial charge in [-0.25, -0.2) is 5.14 Å². The highest BCUT2D eigenvalue weighted by atomic mass is 32.2. The van der Waals surface area contributed by atoms with Crippen LogP contribution in [0.2, 0.25) is 0 Å². The van der Waals surface area contributed by atoms with E-state index in [1.54, 1.807) is 0 Å². The Hall–Kier alpha value is -1.11. The van der Waals surface area contributed by atoms with Gasteiger partial charge in [-0.3, -0.25) is 0 Å². The number of hydrogen-bond acceptors (Lipinski definition) is 3. The van der Waals surface area contributed by atoms with E-state index in [0.29, 0.717) is 13.1 Å². The highest BCUT2D eigenvalue weighted by Gasteiger charge is 2.42. The molecular weight excluding hydrogens is 250 g/mol. The molecule has 3 rings (SSSR count). The number of piperidine rings is 1. The van der Waals surface area contributed by atoms with Crippen LogP contribution < -0.4 is 10.5 Å². The summed E-state index contributed by atoms with van der Waals surface area (Å²) >= 11 is 0. The van der Waals surface area contributed by atoms with Gasteiger partial charge in [0, 0.05) is 30.7 Å². The topological polar surface area (TPSA) is 75.4 Å². The third-order valence-electron chi connectivity index (χ3n) is 4.16. The summed E-state index contributed by atoms with van der Waals surface area (Å²) in [6, 6.07) is 8.28. The van der Waals surface area contributed by atoms with Gasteiger partial charge in [-0.2, -0.15) is 12.7 Å². The molecule has 1 saturated heterocycles. The molecule has 0 radical (unpaired) electrons. The van der Waals surface area contributed by atoms with Gasteiger partial charge in [0.15, 0.2) is 0 Å². The Bertz CT molecular complexity index is 562. The van der Waals surface area contributed by atoms with E-state index < -0.39 is 10.2 Å². The van der Waals surface area contributed by atoms with Crippen molar-refractivity contribution >= 4 is 15.9 Å². The molecule has 0 amide bonds. The summed E-state index contributed by atoms with van der Waals surface area (Å²) in [4.78, 5) is 0. The molecule has 1 fully saturated rings. The SMILES string of the molecule is NS(=O)(=O)N1CCC2(CC1)CNc1ccccc12. The fourth-order valence-electron chi connectivity index (χ4n) is 3.07. The average Bonchev–Trinajstić information content (AvgIpc) is 2.69. The van der Waals surface area contributed by atoms with E-state index in [9.17, 15) is 8.42 Å². The number of nitrogens with zero attached hydrogens (tertiary/aromatic N) is 1. The molecule has 0 unspecified atom stereocenters. The van der Waals surface area contributed by atoms with Crippen molar-refractivity contribution in [3.63, 3.8) is 0 Å². The molecule has 0 saturated carbocycles. The van der Waals surface area contributed by atoms with Crippen LogP contribution in [0, 0.1) is 0 Å². The number of anilines is 1. The number of nitrogens with one attached hydrogen (secondary N) is 1. The van der Waals surface area contributed by atoms with Gasteiger partial charge in [-0.15, -0.1) is 0 Å². The van der Waals surface area contributed by atoms with Crippen LogP contribution in [0.1, 0.15) is 18.4 Å². The van der Waals surface area contributed by atoms with E-state index in [-0.39, 0.29) is 5.41 Å². The second kappa shape index (κ2) is 3.94. The molecule has 0 bridgehead atoms. The number of rotatable bonds is 1. The van der Waals surface area contributed by atoms with Gasteiger partial charge in [-0.05, 0) is 24.5 Å². The third-order valence-corrected chi connectivity index (χ3v) is 5.24. The second-order valence-electron chi connectivity index (χ2n) is 5.12. The Labute approximate surface area is 107 Å². The summed E-state index contributed by atoms with van der Waals surface area (Å²) in [5.41, 5.74) is 2.58. The zero-order valence-electron chi connectivity index (χ0n) is 10.1. The smallest absolute Gasteiger partial charge is 0.276 e. The number of nitrogens with two attached hydrogens (primary N) is 1. The normalized spacial score (nSPS) is 22.7. The van der Waals surface area contributed by atoms with Crippen molar-refractivity contribution in [2.75, 3.05) is 25.0 Å². The van der Waals surface area contributed by atoms with Crippen LogP contribution >= 0.6 is 0 Å². The third kappa shape index (κ3) is 1.81. The minimum Gasteiger partial charge on any atom is -0.384 e. The molecule has 6 heteroatoms. The molecule has 18 heavy (non-hydrogen) atoms. The van der Waals surface area contributed by atoms with E-state index in [2.05, 4.69) is 17.4 Å². The monoisotopic (exact) mass is 267 g/mol. The molecule has 98 valence electrons. The Balaban J connectivity index is 1.85. The predicted octanol–water partition coefficient (Wildman–Crippen LogP) is 0.649. The molecule has 2 heterocycles. The zero-order valence-corrected chi connectivity index (χ0v) is 10.9. The first-order valence-corrected chi connectivity index (χ1v) is 7.63. The summed E-state index contributed by atoms with van der Waals surface area (Å²) in [5, 5.41) is 8.59. The molecule has 1 aromatic rings. The number of para-hydroxylation sites is 1. The first-order valence-electron chi connectivity index (χ1n) is 6.13. The Morgan fingerprint density at radius 3 is 2.56 bits per heavy atom. The minimum absolute atomic E-state index is 0.0811. The highest BCUT2D eigenvalue weighted by molar-refractivity contribution is 7.86. The molecule has 1 aromatic carbocycles. The Morgan fingerprint density at radius 1 is 1.22 bits per heavy atom. The zero-order chi connectivity index (χ0) is 12.8. The van der Waals surface area contributed by atoms with Gasteiger partial charge in [-0.1, -0.05) is 18.2 Å². The standard InChI is InChI=1S/C12H17N3O2S/c13-18(16,17)15-7-5-12(6-8-15)9-14-11-4-2-1-3-10(11)12/h1-4,14H,5-9H2,(H2,13,16,17). The van der Waals surface area contributed by atoms with Crippen molar-refractivity contribution in [3.8, 4) is 0 Å². The maximum absolute atomic E-state index is 11.3. The lowest BCUT2D eigenvalue weighted by molar-refractivity contribution is 0.249. The van der Waals surface area contributed by atoms with Crippen molar-refractivity contribution in [1.82, 2.24) is 4.31 Å². The number of fused-ring (bicyclic) bond motifs is 2. The van der Waals surface area contributed by atoms with Gasteiger partial charge in [0.2, 0.25) is 0 Å². The first kappa shape index (κ1) is 12.0. The van der Waals surface area contributed by atoms with E-state index >= 15 is 0 Å². The molecule has 0 aromatic heterocycles. The summed E-state index contributed by atoms with van der Waals surface area (Å²) in [6.45, 7) is 1.91. The first-order chi connectivity index (χ1) is 8.51. The Kier molecular flexibility index (Phi) is 2.62. The maximum atomic E-state index is 11.3. The van der Waals surface area contributed by atoms with Gasteiger partial charge in [0.1, 0.15) is 0 Å². The molecule has 2 aliphatic rings. The lowest BCUT2D eigenvalue weighted by Crippen LogP contribution is -2.48. The maximum Gasteiger partial charge on any atom is 0.276 e. The largest absolute Gasteiger partial charge is 0.384 e. The van der Waals surface area contributed by atoms with Crippen molar-refractivity contribution in [3.05, 3.63) is 29.8 Å². The fraction of sp³-hybridized carbons (Fsp3) is 0.500. The lowest BCUT2D eigenvalue weighted by atomic mass is 9.75. The van der Waals surface area contributed by atoms with Crippen molar-refractivity contribution < 1.29 is 8.42 Å². The molecule has 3 N–H and O–H groups in total. The van der Waals surface area contributed by atoms with Crippen molar-refractivity contribution in [2.45, 2.75) is 18.3 Å². The molecule has 0 aliphatic carbocycles. The van der Waals surface area contributed by atoms with Crippen molar-refractivity contribution in [1.29, 1.82) is 0 Å². The van der Waals surface area contributed by atoms with Gasteiger partial charge in [0.25, 0.3) is 10.2 Å². The van der Waals surface area contributed by atoms with Crippen LogP contribution in [0.5, 0.6) is 0 Å². The molecule has 5 nitrogen and oxygen atoms in total. The van der Waals surface area contributed by atoms with E-state index in [0.717, 1.165) is 19.4 Å². The lowest BCUT2D eigenvalue weighted by Gasteiger charge is -2.37. The van der Waals surface area contributed by atoms with Crippen molar-refractivity contribution in [2.24, 2.45) is 5.14 Å². The number of benzene rings is 1. The number of hydrogen-bond donors (Lipinski definition) is 2. The summed E-state index contributed by atoms with van der Waals surface area (Å²) in [6.07, 6.45) is 1.65. The summed E-state index contributed by atoms with van der Waals surface area (Å²) in [5.74, 6) is 0. The van der Waals surface area contributed by atoms with Crippen LogP contribution in [0.4, 0.5) is 5.69 Å². The van der Waals surface area contributed by atoms with Crippen LogP contribution in [0.15, 0.2) is 24.3 Å². The highest BCUT2D eigenvalue weighted by Crippen LogP contribution is 2.43. The van der Waals surface area contributed by atoms with Crippen LogP contribution in [-0.2, 0) is 15.6 Å². The van der Waals surface area contributed by atoms with E-state index in [1.165, 1.54) is 15.6 Å². The molecule has 0 atom stereocenters. The van der Waals surface area contributed by atoms with Gasteiger partial charge < -0.3 is 5.32 Å².